The van der Waals surface area contributed by atoms with Crippen molar-refractivity contribution >= 4 is 5.97 Å². The molecule has 0 saturated carbocycles. The average molecular weight is 167 g/mol. The maximum Gasteiger partial charge on any atom is 0.310 e. The van der Waals surface area contributed by atoms with E-state index >= 15 is 0 Å². The van der Waals surface area contributed by atoms with E-state index in [1.165, 1.54) is 0 Å². The Bertz CT molecular complexity index is 262. The molecule has 3 heteroatoms. The molecular formula is C9H13NO2. The van der Waals surface area contributed by atoms with Gasteiger partial charge in [0.15, 0.2) is 0 Å². The predicted octanol–water partition coefficient (Wildman–Crippen LogP) is 1.60. The maximum absolute atomic E-state index is 10.7. The van der Waals surface area contributed by atoms with E-state index < -0.39 is 11.4 Å². The molecule has 0 aromatic carbocycles. The molecular weight excluding hydrogens is 154 g/mol. The monoisotopic (exact) mass is 167 g/mol. The Balaban J connectivity index is 2.69. The largest absolute Gasteiger partial charge is 0.481 e. The number of nitrogens with zero attached hydrogens (tertiary/aromatic N) is 1. The lowest BCUT2D eigenvalue weighted by molar-refractivity contribution is -0.147. The van der Waals surface area contributed by atoms with Gasteiger partial charge in [-0.3, -0.25) is 4.79 Å². The number of carbonyl (C=O) groups is 1. The lowest BCUT2D eigenvalue weighted by Crippen LogP contribution is -2.28. The Kier molecular flexibility index (Phi) is 2.22. The summed E-state index contributed by atoms with van der Waals surface area (Å²) in [6, 6.07) is 3.77. The van der Waals surface area contributed by atoms with E-state index in [1.807, 2.05) is 29.1 Å². The summed E-state index contributed by atoms with van der Waals surface area (Å²) in [5.74, 6) is -0.767. The van der Waals surface area contributed by atoms with Crippen LogP contribution in [0, 0.1) is 5.41 Å². The highest BCUT2D eigenvalue weighted by atomic mass is 16.4. The highest BCUT2D eigenvalue weighted by molar-refractivity contribution is 5.73. The molecule has 0 fully saturated rings. The van der Waals surface area contributed by atoms with E-state index in [1.54, 1.807) is 13.8 Å². The molecule has 0 saturated heterocycles. The number of aromatic nitrogens is 1. The minimum absolute atomic E-state index is 0.509. The lowest BCUT2D eigenvalue weighted by Gasteiger charge is -2.19. The third kappa shape index (κ3) is 1.87. The van der Waals surface area contributed by atoms with Crippen molar-refractivity contribution in [3.63, 3.8) is 0 Å². The summed E-state index contributed by atoms with van der Waals surface area (Å²) < 4.78 is 1.87. The number of carboxylic acids is 1. The van der Waals surface area contributed by atoms with Gasteiger partial charge >= 0.3 is 5.97 Å². The van der Waals surface area contributed by atoms with Crippen molar-refractivity contribution < 1.29 is 9.90 Å². The molecule has 0 spiro atoms. The van der Waals surface area contributed by atoms with Gasteiger partial charge in [-0.05, 0) is 26.0 Å². The van der Waals surface area contributed by atoms with Crippen molar-refractivity contribution in [1.82, 2.24) is 4.57 Å². The zero-order valence-electron chi connectivity index (χ0n) is 7.32. The van der Waals surface area contributed by atoms with Gasteiger partial charge in [0, 0.05) is 18.9 Å². The lowest BCUT2D eigenvalue weighted by atomic mass is 9.94. The van der Waals surface area contributed by atoms with E-state index in [0.717, 1.165) is 0 Å². The Labute approximate surface area is 71.6 Å². The van der Waals surface area contributed by atoms with Gasteiger partial charge in [0.2, 0.25) is 0 Å². The fourth-order valence-electron chi connectivity index (χ4n) is 1.000. The average Bonchev–Trinajstić information content (AvgIpc) is 2.38. The SMILES string of the molecule is CC(C)(Cn1cccc1)C(=O)O. The molecule has 0 atom stereocenters. The highest BCUT2D eigenvalue weighted by Crippen LogP contribution is 2.17. The van der Waals surface area contributed by atoms with Crippen molar-refractivity contribution in [3.8, 4) is 0 Å². The van der Waals surface area contributed by atoms with Crippen LogP contribution in [0.3, 0.4) is 0 Å². The van der Waals surface area contributed by atoms with E-state index in [0.29, 0.717) is 6.54 Å². The van der Waals surface area contributed by atoms with Crippen molar-refractivity contribution in [2.45, 2.75) is 20.4 Å². The number of aliphatic carboxylic acids is 1. The fourth-order valence-corrected chi connectivity index (χ4v) is 1.000. The van der Waals surface area contributed by atoms with Gasteiger partial charge in [0.1, 0.15) is 0 Å². The molecule has 0 aliphatic heterocycles. The van der Waals surface area contributed by atoms with E-state index in [2.05, 4.69) is 0 Å². The Morgan fingerprint density at radius 1 is 1.42 bits per heavy atom. The molecule has 1 aromatic rings. The van der Waals surface area contributed by atoms with E-state index in [4.69, 9.17) is 5.11 Å². The summed E-state index contributed by atoms with van der Waals surface area (Å²) in [5, 5.41) is 8.83. The van der Waals surface area contributed by atoms with Crippen LogP contribution in [0.2, 0.25) is 0 Å². The normalized spacial score (nSPS) is 11.5. The van der Waals surface area contributed by atoms with Crippen molar-refractivity contribution in [2.75, 3.05) is 0 Å². The van der Waals surface area contributed by atoms with E-state index in [9.17, 15) is 4.79 Å². The minimum Gasteiger partial charge on any atom is -0.481 e. The molecule has 1 heterocycles. The summed E-state index contributed by atoms with van der Waals surface area (Å²) in [5.41, 5.74) is -0.695. The highest BCUT2D eigenvalue weighted by Gasteiger charge is 2.26. The van der Waals surface area contributed by atoms with Crippen LogP contribution in [0.15, 0.2) is 24.5 Å². The molecule has 1 rings (SSSR count). The Hall–Kier alpha value is -1.25. The summed E-state index contributed by atoms with van der Waals surface area (Å²) in [6.07, 6.45) is 3.73. The Morgan fingerprint density at radius 2 is 1.92 bits per heavy atom. The van der Waals surface area contributed by atoms with Crippen molar-refractivity contribution in [3.05, 3.63) is 24.5 Å². The second kappa shape index (κ2) is 3.01. The molecule has 0 aliphatic carbocycles. The molecule has 0 bridgehead atoms. The zero-order valence-corrected chi connectivity index (χ0v) is 7.32. The number of hydrogen-bond donors (Lipinski definition) is 1. The van der Waals surface area contributed by atoms with Gasteiger partial charge in [-0.15, -0.1) is 0 Å². The molecule has 12 heavy (non-hydrogen) atoms. The van der Waals surface area contributed by atoms with Crippen LogP contribution in [0.5, 0.6) is 0 Å². The second-order valence-corrected chi connectivity index (χ2v) is 3.54. The van der Waals surface area contributed by atoms with E-state index in [-0.39, 0.29) is 0 Å². The van der Waals surface area contributed by atoms with Crippen LogP contribution in [0.1, 0.15) is 13.8 Å². The van der Waals surface area contributed by atoms with Gasteiger partial charge in [0.05, 0.1) is 5.41 Å². The van der Waals surface area contributed by atoms with Crippen molar-refractivity contribution in [1.29, 1.82) is 0 Å². The first-order valence-electron chi connectivity index (χ1n) is 3.86. The molecule has 3 nitrogen and oxygen atoms in total. The van der Waals surface area contributed by atoms with Gasteiger partial charge in [-0.25, -0.2) is 0 Å². The van der Waals surface area contributed by atoms with Crippen molar-refractivity contribution in [2.24, 2.45) is 5.41 Å². The Morgan fingerprint density at radius 3 is 2.33 bits per heavy atom. The first-order valence-corrected chi connectivity index (χ1v) is 3.86. The standard InChI is InChI=1S/C9H13NO2/c1-9(2,8(11)12)7-10-5-3-4-6-10/h3-6H,7H2,1-2H3,(H,11,12). The van der Waals surface area contributed by atoms with Crippen LogP contribution >= 0.6 is 0 Å². The summed E-state index contributed by atoms with van der Waals surface area (Å²) in [6.45, 7) is 3.94. The fraction of sp³-hybridized carbons (Fsp3) is 0.444. The first-order chi connectivity index (χ1) is 5.52. The molecule has 66 valence electrons. The molecule has 0 aliphatic rings. The molecule has 1 aromatic heterocycles. The van der Waals surface area contributed by atoms with Crippen LogP contribution in [0.4, 0.5) is 0 Å². The van der Waals surface area contributed by atoms with Gasteiger partial charge in [-0.2, -0.15) is 0 Å². The quantitative estimate of drug-likeness (QED) is 0.743. The smallest absolute Gasteiger partial charge is 0.310 e. The molecule has 0 radical (unpaired) electrons. The molecule has 0 amide bonds. The van der Waals surface area contributed by atoms with Gasteiger partial charge in [0.25, 0.3) is 0 Å². The predicted molar refractivity (Wildman–Crippen MR) is 45.8 cm³/mol. The maximum atomic E-state index is 10.7. The van der Waals surface area contributed by atoms with Crippen LogP contribution in [-0.2, 0) is 11.3 Å². The summed E-state index contributed by atoms with van der Waals surface area (Å²) >= 11 is 0. The van der Waals surface area contributed by atoms with Gasteiger partial charge in [-0.1, -0.05) is 0 Å². The van der Waals surface area contributed by atoms with Crippen LogP contribution in [-0.4, -0.2) is 15.6 Å². The van der Waals surface area contributed by atoms with Crippen LogP contribution < -0.4 is 0 Å². The first kappa shape index (κ1) is 8.84. The summed E-state index contributed by atoms with van der Waals surface area (Å²) in [7, 11) is 0. The third-order valence-corrected chi connectivity index (χ3v) is 1.82. The minimum atomic E-state index is -0.767. The number of carboxylic acid groups (broad SMARTS) is 1. The number of hydrogen-bond acceptors (Lipinski definition) is 1. The number of rotatable bonds is 3. The topological polar surface area (TPSA) is 42.2 Å². The van der Waals surface area contributed by atoms with Gasteiger partial charge < -0.3 is 9.67 Å². The summed E-state index contributed by atoms with van der Waals surface area (Å²) in [4.78, 5) is 10.7. The molecule has 0 unspecified atom stereocenters. The third-order valence-electron chi connectivity index (χ3n) is 1.82. The molecule has 1 N–H and O–H groups in total. The zero-order chi connectivity index (χ0) is 9.19. The van der Waals surface area contributed by atoms with Crippen LogP contribution in [0.25, 0.3) is 0 Å². The second-order valence-electron chi connectivity index (χ2n) is 3.54.